The van der Waals surface area contributed by atoms with E-state index in [1.807, 2.05) is 12.1 Å². The fourth-order valence-corrected chi connectivity index (χ4v) is 6.54. The number of halogens is 1. The summed E-state index contributed by atoms with van der Waals surface area (Å²) in [5.74, 6) is -0.343. The fraction of sp³-hybridized carbons (Fsp3) is 0.333. The van der Waals surface area contributed by atoms with Crippen LogP contribution in [-0.4, -0.2) is 66.9 Å². The van der Waals surface area contributed by atoms with Gasteiger partial charge in [-0.15, -0.1) is 0 Å². The number of piperazine rings is 1. The number of sulfonamides is 1. The molecule has 3 aromatic rings. The molecule has 2 saturated heterocycles. The van der Waals surface area contributed by atoms with E-state index in [1.54, 1.807) is 47.6 Å². The Morgan fingerprint density at radius 3 is 2.32 bits per heavy atom. The maximum absolute atomic E-state index is 13.4. The average molecular weight is 500 g/mol. The van der Waals surface area contributed by atoms with Crippen molar-refractivity contribution >= 4 is 44.0 Å². The molecule has 2 aliphatic heterocycles. The molecular formula is C24H26ClN5O3S. The standard InChI is InChI=1S/C24H26ClN5O3S/c25-19-3-1-18-16-22(4-2-17(18)15-19)34(32,33)30-14-13-29(24(31)23(30)26)21-7-11-28(12-8-21)20-5-9-27-10-6-20/h1-6,9-10,15-16,21,23H,7-8,11-14,26H2. The number of rotatable bonds is 4. The van der Waals surface area contributed by atoms with Gasteiger partial charge < -0.3 is 15.5 Å². The zero-order chi connectivity index (χ0) is 23.9. The first-order chi connectivity index (χ1) is 16.3. The number of carbonyl (C=O) groups excluding carboxylic acids is 1. The van der Waals surface area contributed by atoms with Crippen LogP contribution in [0.25, 0.3) is 10.8 Å². The quantitative estimate of drug-likeness (QED) is 0.592. The Kier molecular flexibility index (Phi) is 6.20. The molecule has 0 spiro atoms. The van der Waals surface area contributed by atoms with Crippen LogP contribution in [0.5, 0.6) is 0 Å². The maximum atomic E-state index is 13.4. The highest BCUT2D eigenvalue weighted by Gasteiger charge is 2.42. The molecule has 10 heteroatoms. The van der Waals surface area contributed by atoms with Crippen LogP contribution < -0.4 is 10.6 Å². The lowest BCUT2D eigenvalue weighted by Gasteiger charge is -2.44. The van der Waals surface area contributed by atoms with Gasteiger partial charge in [0.05, 0.1) is 4.90 Å². The molecule has 0 bridgehead atoms. The molecule has 0 radical (unpaired) electrons. The van der Waals surface area contributed by atoms with Gasteiger partial charge in [0.2, 0.25) is 10.0 Å². The molecule has 1 amide bonds. The number of carbonyl (C=O) groups is 1. The second-order valence-corrected chi connectivity index (χ2v) is 11.0. The van der Waals surface area contributed by atoms with Crippen LogP contribution in [0.3, 0.4) is 0 Å². The molecule has 2 fully saturated rings. The molecule has 3 heterocycles. The minimum absolute atomic E-state index is 0.0481. The zero-order valence-electron chi connectivity index (χ0n) is 18.5. The van der Waals surface area contributed by atoms with Gasteiger partial charge in [0.1, 0.15) is 0 Å². The minimum Gasteiger partial charge on any atom is -0.371 e. The summed E-state index contributed by atoms with van der Waals surface area (Å²) >= 11 is 6.03. The van der Waals surface area contributed by atoms with E-state index in [-0.39, 0.29) is 23.4 Å². The first kappa shape index (κ1) is 23.0. The summed E-state index contributed by atoms with van der Waals surface area (Å²) in [6, 6.07) is 14.1. The van der Waals surface area contributed by atoms with E-state index in [9.17, 15) is 13.2 Å². The lowest BCUT2D eigenvalue weighted by atomic mass is 10.0. The molecule has 0 saturated carbocycles. The summed E-state index contributed by atoms with van der Waals surface area (Å²) < 4.78 is 27.9. The summed E-state index contributed by atoms with van der Waals surface area (Å²) in [5, 5.41) is 2.18. The molecule has 8 nitrogen and oxygen atoms in total. The third kappa shape index (κ3) is 4.24. The maximum Gasteiger partial charge on any atom is 0.255 e. The van der Waals surface area contributed by atoms with Crippen LogP contribution >= 0.6 is 11.6 Å². The van der Waals surface area contributed by atoms with Crippen molar-refractivity contribution in [1.29, 1.82) is 0 Å². The molecule has 2 aromatic carbocycles. The molecule has 1 unspecified atom stereocenters. The lowest BCUT2D eigenvalue weighted by Crippen LogP contribution is -2.65. The van der Waals surface area contributed by atoms with Crippen molar-refractivity contribution in [3.8, 4) is 0 Å². The van der Waals surface area contributed by atoms with Gasteiger partial charge in [-0.2, -0.15) is 4.31 Å². The first-order valence-electron chi connectivity index (χ1n) is 11.3. The van der Waals surface area contributed by atoms with E-state index in [0.29, 0.717) is 11.6 Å². The zero-order valence-corrected chi connectivity index (χ0v) is 20.1. The molecule has 0 aliphatic carbocycles. The second kappa shape index (κ2) is 9.14. The number of fused-ring (bicyclic) bond motifs is 1. The van der Waals surface area contributed by atoms with Crippen LogP contribution in [0.2, 0.25) is 5.02 Å². The number of aromatic nitrogens is 1. The van der Waals surface area contributed by atoms with Crippen LogP contribution in [0.4, 0.5) is 5.69 Å². The van der Waals surface area contributed by atoms with Gasteiger partial charge in [-0.25, -0.2) is 8.42 Å². The van der Waals surface area contributed by atoms with Crippen LogP contribution in [0.1, 0.15) is 12.8 Å². The lowest BCUT2D eigenvalue weighted by molar-refractivity contribution is -0.141. The van der Waals surface area contributed by atoms with Gasteiger partial charge in [-0.3, -0.25) is 9.78 Å². The van der Waals surface area contributed by atoms with Gasteiger partial charge >= 0.3 is 0 Å². The average Bonchev–Trinajstić information content (AvgIpc) is 2.86. The number of benzene rings is 2. The highest BCUT2D eigenvalue weighted by atomic mass is 35.5. The second-order valence-electron chi connectivity index (χ2n) is 8.67. The normalized spacial score (nSPS) is 20.8. The molecule has 34 heavy (non-hydrogen) atoms. The first-order valence-corrected chi connectivity index (χ1v) is 13.1. The Morgan fingerprint density at radius 1 is 0.912 bits per heavy atom. The number of anilines is 1. The minimum atomic E-state index is -3.93. The van der Waals surface area contributed by atoms with Gasteiger partial charge in [0.25, 0.3) is 5.91 Å². The number of nitrogens with zero attached hydrogens (tertiary/aromatic N) is 4. The van der Waals surface area contributed by atoms with Gasteiger partial charge in [0, 0.05) is 55.3 Å². The smallest absolute Gasteiger partial charge is 0.255 e. The van der Waals surface area contributed by atoms with Crippen molar-refractivity contribution in [3.63, 3.8) is 0 Å². The number of hydrogen-bond donors (Lipinski definition) is 1. The van der Waals surface area contributed by atoms with Crippen LogP contribution in [-0.2, 0) is 14.8 Å². The number of piperidine rings is 1. The predicted octanol–water partition coefficient (Wildman–Crippen LogP) is 2.67. The largest absolute Gasteiger partial charge is 0.371 e. The van der Waals surface area contributed by atoms with E-state index >= 15 is 0 Å². The van der Waals surface area contributed by atoms with Gasteiger partial charge in [-0.05, 0) is 60.0 Å². The van der Waals surface area contributed by atoms with E-state index in [4.69, 9.17) is 17.3 Å². The number of hydrogen-bond acceptors (Lipinski definition) is 6. The molecule has 5 rings (SSSR count). The van der Waals surface area contributed by atoms with Crippen LogP contribution in [0.15, 0.2) is 65.8 Å². The summed E-state index contributed by atoms with van der Waals surface area (Å²) in [6.45, 7) is 2.13. The highest BCUT2D eigenvalue weighted by Crippen LogP contribution is 2.28. The third-order valence-corrected chi connectivity index (χ3v) is 8.83. The number of pyridine rings is 1. The molecule has 2 N–H and O–H groups in total. The highest BCUT2D eigenvalue weighted by molar-refractivity contribution is 7.89. The summed E-state index contributed by atoms with van der Waals surface area (Å²) in [5.41, 5.74) is 7.33. The predicted molar refractivity (Wildman–Crippen MR) is 132 cm³/mol. The Bertz CT molecular complexity index is 1310. The Hall–Kier alpha value is -2.72. The SMILES string of the molecule is NC1C(=O)N(C2CCN(c3ccncc3)CC2)CCN1S(=O)(=O)c1ccc2cc(Cl)ccc2c1. The van der Waals surface area contributed by atoms with Crippen molar-refractivity contribution in [2.45, 2.75) is 29.9 Å². The van der Waals surface area contributed by atoms with Crippen molar-refractivity contribution in [1.82, 2.24) is 14.2 Å². The molecule has 2 aliphatic rings. The Labute approximate surface area is 204 Å². The molecular weight excluding hydrogens is 474 g/mol. The van der Waals surface area contributed by atoms with E-state index < -0.39 is 16.2 Å². The van der Waals surface area contributed by atoms with Gasteiger partial charge in [-0.1, -0.05) is 23.7 Å². The molecule has 1 aromatic heterocycles. The van der Waals surface area contributed by atoms with Crippen LogP contribution in [0, 0.1) is 0 Å². The Morgan fingerprint density at radius 2 is 1.59 bits per heavy atom. The molecule has 1 atom stereocenters. The molecule has 178 valence electrons. The topological polar surface area (TPSA) is 99.8 Å². The summed E-state index contributed by atoms with van der Waals surface area (Å²) in [4.78, 5) is 21.4. The fourth-order valence-electron chi connectivity index (χ4n) is 4.86. The van der Waals surface area contributed by atoms with Crippen molar-refractivity contribution in [2.75, 3.05) is 31.1 Å². The number of amides is 1. The van der Waals surface area contributed by atoms with Crippen molar-refractivity contribution < 1.29 is 13.2 Å². The van der Waals surface area contributed by atoms with Gasteiger partial charge in [0.15, 0.2) is 6.17 Å². The van der Waals surface area contributed by atoms with E-state index in [1.165, 1.54) is 6.07 Å². The van der Waals surface area contributed by atoms with E-state index in [2.05, 4.69) is 9.88 Å². The Balaban J connectivity index is 1.29. The summed E-state index contributed by atoms with van der Waals surface area (Å²) in [6.07, 6.45) is 3.92. The number of nitrogens with two attached hydrogens (primary N) is 1. The monoisotopic (exact) mass is 499 g/mol. The van der Waals surface area contributed by atoms with Crippen molar-refractivity contribution in [2.24, 2.45) is 5.73 Å². The van der Waals surface area contributed by atoms with Crippen molar-refractivity contribution in [3.05, 3.63) is 65.9 Å². The third-order valence-electron chi connectivity index (χ3n) is 6.72. The summed E-state index contributed by atoms with van der Waals surface area (Å²) in [7, 11) is -3.93. The van der Waals surface area contributed by atoms with E-state index in [0.717, 1.165) is 46.7 Å².